The van der Waals surface area contributed by atoms with E-state index in [2.05, 4.69) is 30.3 Å². The van der Waals surface area contributed by atoms with Gasteiger partial charge in [-0.25, -0.2) is 0 Å². The van der Waals surface area contributed by atoms with Gasteiger partial charge in [-0.2, -0.15) is 0 Å². The van der Waals surface area contributed by atoms with Crippen molar-refractivity contribution < 1.29 is 0 Å². The molecular formula is C11H12BN. The highest BCUT2D eigenvalue weighted by Crippen LogP contribution is 2.10. The van der Waals surface area contributed by atoms with E-state index in [1.54, 1.807) is 0 Å². The molecule has 1 nitrogen and oxygen atoms in total. The molecule has 0 unspecified atom stereocenters. The first-order valence-electron chi connectivity index (χ1n) is 4.51. The van der Waals surface area contributed by atoms with Gasteiger partial charge in [-0.1, -0.05) is 54.8 Å². The predicted octanol–water partition coefficient (Wildman–Crippen LogP) is 1.63. The molecule has 0 saturated heterocycles. The quantitative estimate of drug-likeness (QED) is 0.645. The molecule has 2 heteroatoms. The topological polar surface area (TPSA) is 26.0 Å². The Morgan fingerprint density at radius 3 is 2.38 bits per heavy atom. The highest BCUT2D eigenvalue weighted by molar-refractivity contribution is 6.69. The van der Waals surface area contributed by atoms with E-state index >= 15 is 0 Å². The second-order valence-corrected chi connectivity index (χ2v) is 3.40. The van der Waals surface area contributed by atoms with Crippen LogP contribution >= 0.6 is 0 Å². The van der Waals surface area contributed by atoms with Crippen LogP contribution < -0.4 is 11.1 Å². The molecule has 2 rings (SSSR count). The molecule has 0 bridgehead atoms. The Morgan fingerprint density at radius 1 is 1.00 bits per heavy atom. The number of rotatable bonds is 1. The third-order valence-electron chi connectivity index (χ3n) is 2.30. The first-order valence-corrected chi connectivity index (χ1v) is 4.51. The number of nitrogens with two attached hydrogens (primary N) is 1. The Labute approximate surface area is 78.7 Å². The third-order valence-corrected chi connectivity index (χ3v) is 2.30. The van der Waals surface area contributed by atoms with Crippen molar-refractivity contribution in [2.24, 2.45) is 5.64 Å². The van der Waals surface area contributed by atoms with Gasteiger partial charge in [0.05, 0.1) is 0 Å². The lowest BCUT2D eigenvalue weighted by molar-refractivity contribution is 1.73. The van der Waals surface area contributed by atoms with Gasteiger partial charge in [-0.05, 0) is 10.8 Å². The van der Waals surface area contributed by atoms with Gasteiger partial charge in [0.2, 0.25) is 6.85 Å². The lowest BCUT2D eigenvalue weighted by Gasteiger charge is -2.03. The molecule has 0 fully saturated rings. The van der Waals surface area contributed by atoms with Gasteiger partial charge in [0.15, 0.2) is 0 Å². The van der Waals surface area contributed by atoms with E-state index in [0.29, 0.717) is 0 Å². The maximum absolute atomic E-state index is 5.80. The molecule has 13 heavy (non-hydrogen) atoms. The van der Waals surface area contributed by atoms with Crippen LogP contribution in [0.5, 0.6) is 0 Å². The first-order chi connectivity index (χ1) is 6.27. The van der Waals surface area contributed by atoms with Crippen molar-refractivity contribution >= 4 is 23.1 Å². The molecular weight excluding hydrogens is 157 g/mol. The van der Waals surface area contributed by atoms with E-state index in [1.807, 2.05) is 19.0 Å². The molecule has 0 radical (unpaired) electrons. The zero-order valence-corrected chi connectivity index (χ0v) is 7.70. The van der Waals surface area contributed by atoms with E-state index in [1.165, 1.54) is 16.2 Å². The number of hydrogen-bond donors (Lipinski definition) is 1. The monoisotopic (exact) mass is 169 g/mol. The fraction of sp³-hybridized carbons (Fsp3) is 0.0909. The van der Waals surface area contributed by atoms with Gasteiger partial charge in [0.25, 0.3) is 0 Å². The summed E-state index contributed by atoms with van der Waals surface area (Å²) in [5.41, 5.74) is 7.00. The molecule has 0 aliphatic heterocycles. The molecule has 0 heterocycles. The SMILES string of the molecule is CB(N)c1ccc2ccccc2c1. The van der Waals surface area contributed by atoms with Gasteiger partial charge < -0.3 is 5.64 Å². The van der Waals surface area contributed by atoms with E-state index in [-0.39, 0.29) is 6.85 Å². The maximum Gasteiger partial charge on any atom is 0.248 e. The minimum Gasteiger partial charge on any atom is -0.366 e. The van der Waals surface area contributed by atoms with Crippen molar-refractivity contribution in [1.82, 2.24) is 0 Å². The second-order valence-electron chi connectivity index (χ2n) is 3.40. The summed E-state index contributed by atoms with van der Waals surface area (Å²) >= 11 is 0. The average Bonchev–Trinajstić information content (AvgIpc) is 2.17. The molecule has 0 amide bonds. The van der Waals surface area contributed by atoms with Crippen LogP contribution in [-0.4, -0.2) is 6.85 Å². The van der Waals surface area contributed by atoms with E-state index in [4.69, 9.17) is 5.64 Å². The van der Waals surface area contributed by atoms with E-state index in [9.17, 15) is 0 Å². The van der Waals surface area contributed by atoms with Gasteiger partial charge in [-0.3, -0.25) is 0 Å². The Morgan fingerprint density at radius 2 is 1.69 bits per heavy atom. The number of hydrogen-bond acceptors (Lipinski definition) is 1. The molecule has 0 aliphatic rings. The van der Waals surface area contributed by atoms with Crippen molar-refractivity contribution in [2.45, 2.75) is 6.82 Å². The zero-order valence-electron chi connectivity index (χ0n) is 7.70. The lowest BCUT2D eigenvalue weighted by Crippen LogP contribution is -2.35. The Bertz CT molecular complexity index is 423. The average molecular weight is 169 g/mol. The summed E-state index contributed by atoms with van der Waals surface area (Å²) in [5, 5.41) is 2.53. The standard InChI is InChI=1S/C11H12BN/c1-12(13)11-7-6-9-4-2-3-5-10(9)8-11/h2-8H,13H2,1H3. The van der Waals surface area contributed by atoms with Crippen LogP contribution in [0.2, 0.25) is 6.82 Å². The van der Waals surface area contributed by atoms with Gasteiger partial charge in [0.1, 0.15) is 0 Å². The summed E-state index contributed by atoms with van der Waals surface area (Å²) in [4.78, 5) is 0. The summed E-state index contributed by atoms with van der Waals surface area (Å²) in [6, 6.07) is 14.7. The van der Waals surface area contributed by atoms with Crippen LogP contribution in [0.3, 0.4) is 0 Å². The van der Waals surface area contributed by atoms with Gasteiger partial charge >= 0.3 is 0 Å². The van der Waals surface area contributed by atoms with Crippen LogP contribution in [0.4, 0.5) is 0 Å². The Balaban J connectivity index is 2.62. The summed E-state index contributed by atoms with van der Waals surface area (Å²) in [6.45, 7) is 2.12. The largest absolute Gasteiger partial charge is 0.366 e. The Kier molecular flexibility index (Phi) is 2.07. The lowest BCUT2D eigenvalue weighted by atomic mass is 9.60. The maximum atomic E-state index is 5.80. The summed E-state index contributed by atoms with van der Waals surface area (Å²) < 4.78 is 0. The molecule has 2 aromatic carbocycles. The number of benzene rings is 2. The van der Waals surface area contributed by atoms with E-state index in [0.717, 1.165) is 0 Å². The number of fused-ring (bicyclic) bond motifs is 1. The summed E-state index contributed by atoms with van der Waals surface area (Å²) in [6.07, 6.45) is 0. The van der Waals surface area contributed by atoms with Crippen LogP contribution in [0, 0.1) is 0 Å². The third kappa shape index (κ3) is 1.58. The molecule has 2 aromatic rings. The molecule has 0 spiro atoms. The molecule has 0 aliphatic carbocycles. The molecule has 0 saturated carbocycles. The highest BCUT2D eigenvalue weighted by atomic mass is 14.4. The van der Waals surface area contributed by atoms with E-state index < -0.39 is 0 Å². The predicted molar refractivity (Wildman–Crippen MR) is 59.4 cm³/mol. The van der Waals surface area contributed by atoms with Crippen LogP contribution in [-0.2, 0) is 0 Å². The molecule has 0 atom stereocenters. The van der Waals surface area contributed by atoms with Gasteiger partial charge in [-0.15, -0.1) is 0 Å². The zero-order chi connectivity index (χ0) is 9.26. The minimum atomic E-state index is 0.115. The molecule has 2 N–H and O–H groups in total. The molecule has 64 valence electrons. The molecule has 0 aromatic heterocycles. The normalized spacial score (nSPS) is 10.3. The second kappa shape index (κ2) is 3.23. The van der Waals surface area contributed by atoms with Crippen molar-refractivity contribution in [3.63, 3.8) is 0 Å². The smallest absolute Gasteiger partial charge is 0.248 e. The summed E-state index contributed by atoms with van der Waals surface area (Å²) in [5.74, 6) is 0. The van der Waals surface area contributed by atoms with Crippen molar-refractivity contribution in [1.29, 1.82) is 0 Å². The summed E-state index contributed by atoms with van der Waals surface area (Å²) in [7, 11) is 0. The first kappa shape index (κ1) is 8.33. The van der Waals surface area contributed by atoms with Crippen LogP contribution in [0.1, 0.15) is 0 Å². The minimum absolute atomic E-state index is 0.115. The van der Waals surface area contributed by atoms with Crippen molar-refractivity contribution in [3.8, 4) is 0 Å². The highest BCUT2D eigenvalue weighted by Gasteiger charge is 2.03. The fourth-order valence-electron chi connectivity index (χ4n) is 1.49. The Hall–Kier alpha value is -1.28. The van der Waals surface area contributed by atoms with Crippen LogP contribution in [0.25, 0.3) is 10.8 Å². The van der Waals surface area contributed by atoms with Crippen molar-refractivity contribution in [3.05, 3.63) is 42.5 Å². The van der Waals surface area contributed by atoms with Crippen LogP contribution in [0.15, 0.2) is 42.5 Å². The van der Waals surface area contributed by atoms with Gasteiger partial charge in [0, 0.05) is 0 Å². The van der Waals surface area contributed by atoms with Crippen molar-refractivity contribution in [2.75, 3.05) is 0 Å². The fourth-order valence-corrected chi connectivity index (χ4v) is 1.49.